The summed E-state index contributed by atoms with van der Waals surface area (Å²) < 4.78 is 13.9. The molecule has 4 aromatic rings. The SMILES string of the molecule is C=C/C=C(/c1cccc(F)c1)c1nc(-c2[nH]nc3ncc(C4CCNCC4)cc23)[nH]c1C.CC. The van der Waals surface area contributed by atoms with Crippen molar-refractivity contribution >= 4 is 16.6 Å². The Morgan fingerprint density at radius 1 is 1.18 bits per heavy atom. The molecule has 1 aliphatic rings. The van der Waals surface area contributed by atoms with Crippen LogP contribution in [0.2, 0.25) is 0 Å². The number of piperidine rings is 1. The smallest absolute Gasteiger partial charge is 0.181 e. The van der Waals surface area contributed by atoms with Crippen LogP contribution in [-0.4, -0.2) is 38.2 Å². The van der Waals surface area contributed by atoms with Gasteiger partial charge in [-0.3, -0.25) is 5.10 Å². The van der Waals surface area contributed by atoms with Crippen LogP contribution in [0.25, 0.3) is 28.1 Å². The number of nitrogens with one attached hydrogen (secondary N) is 3. The van der Waals surface area contributed by atoms with Crippen LogP contribution in [0.3, 0.4) is 0 Å². The van der Waals surface area contributed by atoms with Gasteiger partial charge in [0.1, 0.15) is 11.5 Å². The number of imidazole rings is 1. The molecule has 3 aromatic heterocycles. The second-order valence-electron chi connectivity index (χ2n) is 8.15. The third-order valence-electron chi connectivity index (χ3n) is 6.04. The van der Waals surface area contributed by atoms with Gasteiger partial charge < -0.3 is 10.3 Å². The van der Waals surface area contributed by atoms with Gasteiger partial charge in [-0.1, -0.05) is 44.7 Å². The van der Waals surface area contributed by atoms with E-state index in [0.29, 0.717) is 17.4 Å². The number of hydrogen-bond donors (Lipinski definition) is 3. The Morgan fingerprint density at radius 2 is 1.97 bits per heavy atom. The van der Waals surface area contributed by atoms with Gasteiger partial charge in [0.15, 0.2) is 11.5 Å². The van der Waals surface area contributed by atoms with Gasteiger partial charge in [0.2, 0.25) is 0 Å². The zero-order chi connectivity index (χ0) is 24.1. The number of hydrogen-bond acceptors (Lipinski definition) is 4. The van der Waals surface area contributed by atoms with Crippen molar-refractivity contribution in [3.63, 3.8) is 0 Å². The topological polar surface area (TPSA) is 82.3 Å². The first-order valence-corrected chi connectivity index (χ1v) is 11.8. The normalized spacial score (nSPS) is 14.6. The number of aromatic nitrogens is 5. The third-order valence-corrected chi connectivity index (χ3v) is 6.04. The number of benzene rings is 1. The molecule has 0 atom stereocenters. The molecule has 0 radical (unpaired) electrons. The van der Waals surface area contributed by atoms with Crippen LogP contribution in [0, 0.1) is 12.7 Å². The molecule has 7 heteroatoms. The number of pyridine rings is 1. The molecule has 34 heavy (non-hydrogen) atoms. The molecule has 0 spiro atoms. The van der Waals surface area contributed by atoms with Crippen LogP contribution in [-0.2, 0) is 0 Å². The van der Waals surface area contributed by atoms with Crippen LogP contribution < -0.4 is 5.32 Å². The van der Waals surface area contributed by atoms with Crippen molar-refractivity contribution < 1.29 is 4.39 Å². The highest BCUT2D eigenvalue weighted by molar-refractivity contribution is 5.90. The molecular weight excluding hydrogens is 427 g/mol. The predicted molar refractivity (Wildman–Crippen MR) is 136 cm³/mol. The number of rotatable bonds is 5. The fourth-order valence-corrected chi connectivity index (χ4v) is 4.40. The van der Waals surface area contributed by atoms with Crippen molar-refractivity contribution in [3.8, 4) is 11.5 Å². The summed E-state index contributed by atoms with van der Waals surface area (Å²) in [6.07, 6.45) is 7.69. The van der Waals surface area contributed by atoms with Crippen LogP contribution >= 0.6 is 0 Å². The molecule has 5 rings (SSSR count). The molecule has 0 bridgehead atoms. The lowest BCUT2D eigenvalue weighted by atomic mass is 9.91. The summed E-state index contributed by atoms with van der Waals surface area (Å²) in [4.78, 5) is 12.8. The summed E-state index contributed by atoms with van der Waals surface area (Å²) >= 11 is 0. The molecule has 0 amide bonds. The maximum Gasteiger partial charge on any atom is 0.181 e. The Balaban J connectivity index is 0.00000133. The van der Waals surface area contributed by atoms with Crippen LogP contribution in [0.5, 0.6) is 0 Å². The van der Waals surface area contributed by atoms with Gasteiger partial charge in [0.25, 0.3) is 0 Å². The van der Waals surface area contributed by atoms with Crippen molar-refractivity contribution in [1.82, 2.24) is 30.5 Å². The van der Waals surface area contributed by atoms with E-state index in [1.807, 2.05) is 39.1 Å². The lowest BCUT2D eigenvalue weighted by Crippen LogP contribution is -2.26. The molecule has 3 N–H and O–H groups in total. The molecule has 1 aliphatic heterocycles. The van der Waals surface area contributed by atoms with Gasteiger partial charge in [0.05, 0.1) is 11.1 Å². The zero-order valence-electron chi connectivity index (χ0n) is 20.0. The molecule has 176 valence electrons. The minimum absolute atomic E-state index is 0.290. The van der Waals surface area contributed by atoms with Gasteiger partial charge in [-0.25, -0.2) is 14.4 Å². The Hall–Kier alpha value is -3.58. The van der Waals surface area contributed by atoms with E-state index in [-0.39, 0.29) is 5.82 Å². The minimum atomic E-state index is -0.290. The van der Waals surface area contributed by atoms with Gasteiger partial charge in [0, 0.05) is 17.5 Å². The predicted octanol–water partition coefficient (Wildman–Crippen LogP) is 5.91. The van der Waals surface area contributed by atoms with Crippen molar-refractivity contribution in [2.24, 2.45) is 0 Å². The van der Waals surface area contributed by atoms with E-state index in [4.69, 9.17) is 4.98 Å². The highest BCUT2D eigenvalue weighted by Gasteiger charge is 2.20. The Kier molecular flexibility index (Phi) is 7.33. The average molecular weight is 459 g/mol. The number of allylic oxidation sites excluding steroid dienone is 2. The molecule has 0 aliphatic carbocycles. The summed E-state index contributed by atoms with van der Waals surface area (Å²) in [7, 11) is 0. The summed E-state index contributed by atoms with van der Waals surface area (Å²) in [5.74, 6) is 0.887. The molecule has 0 saturated carbocycles. The number of fused-ring (bicyclic) bond motifs is 1. The fourth-order valence-electron chi connectivity index (χ4n) is 4.40. The third kappa shape index (κ3) is 4.70. The maximum atomic E-state index is 13.9. The van der Waals surface area contributed by atoms with Gasteiger partial charge >= 0.3 is 0 Å². The minimum Gasteiger partial charge on any atom is -0.340 e. The highest BCUT2D eigenvalue weighted by atomic mass is 19.1. The number of nitrogens with zero attached hydrogens (tertiary/aromatic N) is 3. The average Bonchev–Trinajstić information content (AvgIpc) is 3.47. The first-order chi connectivity index (χ1) is 16.6. The number of halogens is 1. The second kappa shape index (κ2) is 10.6. The first kappa shape index (κ1) is 23.6. The molecule has 6 nitrogen and oxygen atoms in total. The second-order valence-corrected chi connectivity index (χ2v) is 8.15. The molecule has 0 unspecified atom stereocenters. The van der Waals surface area contributed by atoms with Crippen LogP contribution in [0.15, 0.2) is 55.3 Å². The van der Waals surface area contributed by atoms with E-state index in [1.165, 1.54) is 17.7 Å². The number of H-pyrrole nitrogens is 2. The van der Waals surface area contributed by atoms with E-state index < -0.39 is 0 Å². The lowest BCUT2D eigenvalue weighted by Gasteiger charge is -2.22. The monoisotopic (exact) mass is 458 g/mol. The molecule has 1 saturated heterocycles. The number of aryl methyl sites for hydroxylation is 1. The quantitative estimate of drug-likeness (QED) is 0.325. The summed E-state index contributed by atoms with van der Waals surface area (Å²) in [5, 5.41) is 11.8. The maximum absolute atomic E-state index is 13.9. The molecule has 1 aromatic carbocycles. The molecular formula is C27H31FN6. The summed E-state index contributed by atoms with van der Waals surface area (Å²) in [6, 6.07) is 8.68. The first-order valence-electron chi connectivity index (χ1n) is 11.8. The Morgan fingerprint density at radius 3 is 2.71 bits per heavy atom. The van der Waals surface area contributed by atoms with Crippen molar-refractivity contribution in [2.45, 2.75) is 39.5 Å². The standard InChI is InChI=1S/C25H25FN6.C2H6/c1-3-5-20(17-6-4-7-19(26)12-17)22-15(2)29-25(30-22)23-21-13-18(14-28-24(21)32-31-23)16-8-10-27-11-9-16;1-2/h3-7,12-14,16,27H,1,8-11H2,2H3,(H,29,30)(H,28,31,32);1-2H3/b20-5-;. The van der Waals surface area contributed by atoms with Crippen molar-refractivity contribution in [3.05, 3.63) is 83.6 Å². The molecule has 1 fully saturated rings. The number of aromatic amines is 2. The van der Waals surface area contributed by atoms with Crippen LogP contribution in [0.4, 0.5) is 4.39 Å². The zero-order valence-corrected chi connectivity index (χ0v) is 20.0. The Bertz CT molecular complexity index is 1310. The van der Waals surface area contributed by atoms with Gasteiger partial charge in [-0.05, 0) is 68.1 Å². The van der Waals surface area contributed by atoms with E-state index >= 15 is 0 Å². The van der Waals surface area contributed by atoms with E-state index in [2.05, 4.69) is 38.1 Å². The fraction of sp³-hybridized carbons (Fsp3) is 0.296. The summed E-state index contributed by atoms with van der Waals surface area (Å²) in [6.45, 7) is 11.8. The van der Waals surface area contributed by atoms with Gasteiger partial charge in [-0.15, -0.1) is 0 Å². The Labute approximate surface area is 199 Å². The van der Waals surface area contributed by atoms with Gasteiger partial charge in [-0.2, -0.15) is 5.10 Å². The molecule has 4 heterocycles. The summed E-state index contributed by atoms with van der Waals surface area (Å²) in [5.41, 5.74) is 5.87. The van der Waals surface area contributed by atoms with E-state index in [1.54, 1.807) is 12.1 Å². The largest absolute Gasteiger partial charge is 0.340 e. The highest BCUT2D eigenvalue weighted by Crippen LogP contribution is 2.32. The lowest BCUT2D eigenvalue weighted by molar-refractivity contribution is 0.460. The van der Waals surface area contributed by atoms with E-state index in [0.717, 1.165) is 59.5 Å². The van der Waals surface area contributed by atoms with Crippen molar-refractivity contribution in [1.29, 1.82) is 0 Å². The van der Waals surface area contributed by atoms with E-state index in [9.17, 15) is 4.39 Å². The van der Waals surface area contributed by atoms with Crippen molar-refractivity contribution in [2.75, 3.05) is 13.1 Å². The van der Waals surface area contributed by atoms with Crippen LogP contribution in [0.1, 0.15) is 55.1 Å².